The van der Waals surface area contributed by atoms with E-state index in [1.54, 1.807) is 7.11 Å². The van der Waals surface area contributed by atoms with Crippen LogP contribution in [0, 0.1) is 6.92 Å². The first kappa shape index (κ1) is 13.7. The van der Waals surface area contributed by atoms with E-state index in [1.165, 1.54) is 18.9 Å². The zero-order valence-corrected chi connectivity index (χ0v) is 12.0. The van der Waals surface area contributed by atoms with E-state index in [-0.39, 0.29) is 5.97 Å². The van der Waals surface area contributed by atoms with Crippen LogP contribution in [0.4, 0.5) is 0 Å². The van der Waals surface area contributed by atoms with Gasteiger partial charge in [-0.2, -0.15) is 0 Å². The molecule has 0 saturated carbocycles. The van der Waals surface area contributed by atoms with Crippen molar-refractivity contribution < 1.29 is 19.3 Å². The lowest BCUT2D eigenvalue weighted by Gasteiger charge is -2.05. The fourth-order valence-electron chi connectivity index (χ4n) is 1.80. The molecule has 2 rings (SSSR count). The summed E-state index contributed by atoms with van der Waals surface area (Å²) in [4.78, 5) is 15.6. The molecule has 19 heavy (non-hydrogen) atoms. The summed E-state index contributed by atoms with van der Waals surface area (Å²) in [7, 11) is 3.04. The first-order chi connectivity index (χ1) is 9.13. The van der Waals surface area contributed by atoms with Crippen LogP contribution in [0.15, 0.2) is 29.2 Å². The van der Waals surface area contributed by atoms with Gasteiger partial charge in [-0.05, 0) is 12.1 Å². The van der Waals surface area contributed by atoms with Crippen LogP contribution in [-0.4, -0.2) is 25.9 Å². The number of nitrogens with one attached hydrogen (secondary N) is 1. The number of pyridine rings is 1. The molecule has 0 radical (unpaired) electrons. The summed E-state index contributed by atoms with van der Waals surface area (Å²) < 4.78 is 9.91. The Kier molecular flexibility index (Phi) is 4.27. The lowest BCUT2D eigenvalue weighted by Crippen LogP contribution is -2.09. The molecule has 0 amide bonds. The molecule has 2 aromatic rings. The molecule has 0 saturated heterocycles. The highest BCUT2D eigenvalue weighted by atomic mass is 32.2. The Bertz CT molecular complexity index is 613. The predicted octanol–water partition coefficient (Wildman–Crippen LogP) is 2.24. The number of esters is 1. The number of fused-ring (bicyclic) bond motifs is 1. The molecular formula is C14H16NO3S+. The van der Waals surface area contributed by atoms with Crippen LogP contribution < -0.4 is 9.72 Å². The summed E-state index contributed by atoms with van der Waals surface area (Å²) in [5.74, 6) is 0.864. The standard InChI is InChI=1S/C14H15NO3S/c1-9-6-13(19-8-14(16)18-3)11-7-10(17-2)4-5-12(11)15-9/h4-7H,8H2,1-3H3/p+1. The molecule has 4 nitrogen and oxygen atoms in total. The van der Waals surface area contributed by atoms with Gasteiger partial charge >= 0.3 is 5.97 Å². The molecule has 0 aliphatic carbocycles. The van der Waals surface area contributed by atoms with Gasteiger partial charge in [0, 0.05) is 24.0 Å². The molecule has 100 valence electrons. The third-order valence-electron chi connectivity index (χ3n) is 2.74. The summed E-state index contributed by atoms with van der Waals surface area (Å²) in [5, 5.41) is 1.04. The number of hydrogen-bond acceptors (Lipinski definition) is 4. The minimum absolute atomic E-state index is 0.230. The maximum absolute atomic E-state index is 11.3. The third-order valence-corrected chi connectivity index (χ3v) is 3.77. The number of thioether (sulfide) groups is 1. The third kappa shape index (κ3) is 3.17. The topological polar surface area (TPSA) is 49.7 Å². The van der Waals surface area contributed by atoms with Crippen LogP contribution in [0.2, 0.25) is 0 Å². The van der Waals surface area contributed by atoms with Crippen LogP contribution >= 0.6 is 11.8 Å². The van der Waals surface area contributed by atoms with Crippen molar-refractivity contribution in [2.45, 2.75) is 11.8 Å². The molecule has 1 aromatic carbocycles. The molecule has 0 atom stereocenters. The second-order valence-corrected chi connectivity index (χ2v) is 5.11. The van der Waals surface area contributed by atoms with Crippen LogP contribution in [0.1, 0.15) is 5.69 Å². The molecule has 1 N–H and O–H groups in total. The number of hydrogen-bond donors (Lipinski definition) is 0. The molecule has 0 spiro atoms. The van der Waals surface area contributed by atoms with E-state index < -0.39 is 0 Å². The molecule has 0 fully saturated rings. The van der Waals surface area contributed by atoms with Gasteiger partial charge in [-0.3, -0.25) is 4.79 Å². The lowest BCUT2D eigenvalue weighted by molar-refractivity contribution is -0.355. The summed E-state index contributed by atoms with van der Waals surface area (Å²) in [6, 6.07) is 7.87. The summed E-state index contributed by atoms with van der Waals surface area (Å²) in [5.41, 5.74) is 2.07. The van der Waals surface area contributed by atoms with Gasteiger partial charge in [-0.25, -0.2) is 4.98 Å². The SMILES string of the molecule is COC(=O)CSc1cc(C)[nH+]c2ccc(OC)cc12. The van der Waals surface area contributed by atoms with Crippen LogP contribution in [0.3, 0.4) is 0 Å². The number of methoxy groups -OCH3 is 2. The van der Waals surface area contributed by atoms with Crippen LogP contribution in [-0.2, 0) is 9.53 Å². The zero-order chi connectivity index (χ0) is 13.8. The fourth-order valence-corrected chi connectivity index (χ4v) is 2.78. The van der Waals surface area contributed by atoms with E-state index in [0.29, 0.717) is 5.75 Å². The molecule has 5 heteroatoms. The van der Waals surface area contributed by atoms with Crippen molar-refractivity contribution in [2.24, 2.45) is 0 Å². The smallest absolute Gasteiger partial charge is 0.315 e. The number of benzene rings is 1. The van der Waals surface area contributed by atoms with Crippen molar-refractivity contribution >= 4 is 28.6 Å². The maximum Gasteiger partial charge on any atom is 0.315 e. The Balaban J connectivity index is 2.42. The number of aryl methyl sites for hydroxylation is 1. The highest BCUT2D eigenvalue weighted by molar-refractivity contribution is 8.00. The molecule has 0 aliphatic rings. The number of ether oxygens (including phenoxy) is 2. The van der Waals surface area contributed by atoms with Gasteiger partial charge in [0.15, 0.2) is 5.69 Å². The average molecular weight is 278 g/mol. The van der Waals surface area contributed by atoms with Gasteiger partial charge in [-0.15, -0.1) is 11.8 Å². The Morgan fingerprint density at radius 3 is 2.79 bits per heavy atom. The van der Waals surface area contributed by atoms with E-state index in [0.717, 1.165) is 27.2 Å². The number of aromatic amines is 1. The van der Waals surface area contributed by atoms with Crippen molar-refractivity contribution in [1.82, 2.24) is 0 Å². The molecule has 1 heterocycles. The summed E-state index contributed by atoms with van der Waals surface area (Å²) >= 11 is 1.47. The van der Waals surface area contributed by atoms with E-state index in [2.05, 4.69) is 9.72 Å². The van der Waals surface area contributed by atoms with Crippen molar-refractivity contribution in [3.63, 3.8) is 0 Å². The Morgan fingerprint density at radius 2 is 2.11 bits per heavy atom. The number of carbonyl (C=O) groups is 1. The van der Waals surface area contributed by atoms with Crippen LogP contribution in [0.25, 0.3) is 10.9 Å². The quantitative estimate of drug-likeness (QED) is 0.635. The van der Waals surface area contributed by atoms with Crippen molar-refractivity contribution in [2.75, 3.05) is 20.0 Å². The largest absolute Gasteiger partial charge is 0.497 e. The van der Waals surface area contributed by atoms with Crippen molar-refractivity contribution in [1.29, 1.82) is 0 Å². The van der Waals surface area contributed by atoms with Gasteiger partial charge in [0.1, 0.15) is 5.75 Å². The summed E-state index contributed by atoms with van der Waals surface area (Å²) in [6.45, 7) is 1.99. The first-order valence-electron chi connectivity index (χ1n) is 5.84. The second-order valence-electron chi connectivity index (χ2n) is 4.09. The van der Waals surface area contributed by atoms with Crippen LogP contribution in [0.5, 0.6) is 5.75 Å². The van der Waals surface area contributed by atoms with E-state index in [1.807, 2.05) is 31.2 Å². The normalized spacial score (nSPS) is 10.5. The molecule has 0 bridgehead atoms. The van der Waals surface area contributed by atoms with Crippen molar-refractivity contribution in [3.8, 4) is 5.75 Å². The molecule has 0 unspecified atom stereocenters. The summed E-state index contributed by atoms with van der Waals surface area (Å²) in [6.07, 6.45) is 0. The monoisotopic (exact) mass is 278 g/mol. The van der Waals surface area contributed by atoms with Gasteiger partial charge in [0.25, 0.3) is 0 Å². The number of H-pyrrole nitrogens is 1. The average Bonchev–Trinajstić information content (AvgIpc) is 2.43. The Morgan fingerprint density at radius 1 is 1.32 bits per heavy atom. The fraction of sp³-hybridized carbons (Fsp3) is 0.286. The van der Waals surface area contributed by atoms with Gasteiger partial charge < -0.3 is 9.47 Å². The predicted molar refractivity (Wildman–Crippen MR) is 74.5 cm³/mol. The second kappa shape index (κ2) is 5.93. The first-order valence-corrected chi connectivity index (χ1v) is 6.83. The molecular weight excluding hydrogens is 262 g/mol. The minimum atomic E-state index is -0.230. The highest BCUT2D eigenvalue weighted by Crippen LogP contribution is 2.29. The number of carbonyl (C=O) groups excluding carboxylic acids is 1. The highest BCUT2D eigenvalue weighted by Gasteiger charge is 2.12. The minimum Gasteiger partial charge on any atom is -0.497 e. The van der Waals surface area contributed by atoms with E-state index in [9.17, 15) is 4.79 Å². The van der Waals surface area contributed by atoms with Gasteiger partial charge in [0.05, 0.1) is 25.4 Å². The number of aromatic nitrogens is 1. The molecule has 0 aliphatic heterocycles. The molecule has 1 aromatic heterocycles. The maximum atomic E-state index is 11.3. The van der Waals surface area contributed by atoms with Gasteiger partial charge in [0.2, 0.25) is 5.52 Å². The zero-order valence-electron chi connectivity index (χ0n) is 11.1. The van der Waals surface area contributed by atoms with Gasteiger partial charge in [-0.1, -0.05) is 0 Å². The number of rotatable bonds is 4. The Labute approximate surface area is 116 Å². The Hall–Kier alpha value is -1.75. The van der Waals surface area contributed by atoms with E-state index >= 15 is 0 Å². The lowest BCUT2D eigenvalue weighted by atomic mass is 10.2. The van der Waals surface area contributed by atoms with E-state index in [4.69, 9.17) is 4.74 Å². The van der Waals surface area contributed by atoms with Crippen molar-refractivity contribution in [3.05, 3.63) is 30.0 Å².